The number of rotatable bonds is 3. The maximum atomic E-state index is 7.60. The Hall–Kier alpha value is -2.07. The first kappa shape index (κ1) is 13.4. The third-order valence-electron chi connectivity index (χ3n) is 2.74. The summed E-state index contributed by atoms with van der Waals surface area (Å²) >= 11 is 5.97. The molecule has 1 aromatic heterocycles. The van der Waals surface area contributed by atoms with Gasteiger partial charge in [0.25, 0.3) is 0 Å². The van der Waals surface area contributed by atoms with Crippen molar-refractivity contribution in [1.82, 2.24) is 4.98 Å². The molecule has 5 heteroatoms. The monoisotopic (exact) mass is 275 g/mol. The Kier molecular flexibility index (Phi) is 3.71. The number of nitrogens with one attached hydrogen (secondary N) is 1. The van der Waals surface area contributed by atoms with Crippen molar-refractivity contribution in [1.29, 1.82) is 5.41 Å². The van der Waals surface area contributed by atoms with E-state index in [1.165, 1.54) is 0 Å². The topological polar surface area (TPSA) is 72.0 Å². The summed E-state index contributed by atoms with van der Waals surface area (Å²) in [4.78, 5) is 4.13. The molecule has 3 N–H and O–H groups in total. The SMILES string of the molecule is Cc1cc(Oc2nccc(C)c2C(=N)N)ccc1Cl. The van der Waals surface area contributed by atoms with Crippen LogP contribution in [-0.4, -0.2) is 10.8 Å². The Labute approximate surface area is 116 Å². The van der Waals surface area contributed by atoms with Crippen LogP contribution in [0.5, 0.6) is 11.6 Å². The second kappa shape index (κ2) is 5.28. The Balaban J connectivity index is 2.40. The van der Waals surface area contributed by atoms with Gasteiger partial charge in [-0.25, -0.2) is 4.98 Å². The number of hydrogen-bond donors (Lipinski definition) is 2. The van der Waals surface area contributed by atoms with Crippen LogP contribution >= 0.6 is 11.6 Å². The predicted molar refractivity (Wildman–Crippen MR) is 76.3 cm³/mol. The van der Waals surface area contributed by atoms with Crippen molar-refractivity contribution in [3.63, 3.8) is 0 Å². The molecule has 1 heterocycles. The summed E-state index contributed by atoms with van der Waals surface area (Å²) in [5, 5.41) is 8.27. The minimum atomic E-state index is -0.0636. The average molecular weight is 276 g/mol. The molecule has 2 aromatic rings. The van der Waals surface area contributed by atoms with Gasteiger partial charge in [0.2, 0.25) is 5.88 Å². The number of aromatic nitrogens is 1. The van der Waals surface area contributed by atoms with E-state index >= 15 is 0 Å². The molecule has 0 atom stereocenters. The van der Waals surface area contributed by atoms with Crippen LogP contribution in [0.3, 0.4) is 0 Å². The predicted octanol–water partition coefficient (Wildman–Crippen LogP) is 3.43. The Morgan fingerprint density at radius 1 is 1.26 bits per heavy atom. The van der Waals surface area contributed by atoms with Crippen molar-refractivity contribution in [2.45, 2.75) is 13.8 Å². The highest BCUT2D eigenvalue weighted by Crippen LogP contribution is 2.27. The maximum Gasteiger partial charge on any atom is 0.230 e. The van der Waals surface area contributed by atoms with Crippen molar-refractivity contribution in [3.05, 3.63) is 52.2 Å². The van der Waals surface area contributed by atoms with Gasteiger partial charge in [0, 0.05) is 11.2 Å². The van der Waals surface area contributed by atoms with E-state index in [-0.39, 0.29) is 5.84 Å². The second-order valence-electron chi connectivity index (χ2n) is 4.23. The molecule has 0 amide bonds. The maximum absolute atomic E-state index is 7.60. The molecule has 0 radical (unpaired) electrons. The molecule has 0 fully saturated rings. The van der Waals surface area contributed by atoms with E-state index in [1.807, 2.05) is 19.9 Å². The Morgan fingerprint density at radius 2 is 2.00 bits per heavy atom. The first-order valence-corrected chi connectivity index (χ1v) is 6.11. The van der Waals surface area contributed by atoms with Crippen LogP contribution in [0, 0.1) is 19.3 Å². The van der Waals surface area contributed by atoms with Crippen LogP contribution in [0.15, 0.2) is 30.5 Å². The van der Waals surface area contributed by atoms with E-state index in [0.29, 0.717) is 22.2 Å². The molecule has 0 aliphatic heterocycles. The molecule has 2 rings (SSSR count). The molecule has 0 aliphatic rings. The summed E-state index contributed by atoms with van der Waals surface area (Å²) in [5.41, 5.74) is 7.84. The van der Waals surface area contributed by atoms with Crippen LogP contribution in [-0.2, 0) is 0 Å². The zero-order chi connectivity index (χ0) is 14.0. The molecule has 1 aromatic carbocycles. The zero-order valence-electron chi connectivity index (χ0n) is 10.7. The number of halogens is 1. The molecule has 98 valence electrons. The van der Waals surface area contributed by atoms with E-state index < -0.39 is 0 Å². The molecular formula is C14H14ClN3O. The van der Waals surface area contributed by atoms with E-state index in [4.69, 9.17) is 27.5 Å². The smallest absolute Gasteiger partial charge is 0.230 e. The highest BCUT2D eigenvalue weighted by atomic mass is 35.5. The fourth-order valence-corrected chi connectivity index (χ4v) is 1.85. The third-order valence-corrected chi connectivity index (χ3v) is 3.16. The van der Waals surface area contributed by atoms with Gasteiger partial charge in [0.05, 0.1) is 5.56 Å². The van der Waals surface area contributed by atoms with Crippen LogP contribution in [0.2, 0.25) is 5.02 Å². The number of aryl methyl sites for hydroxylation is 2. The normalized spacial score (nSPS) is 10.3. The number of amidine groups is 1. The van der Waals surface area contributed by atoms with E-state index in [2.05, 4.69) is 4.98 Å². The largest absolute Gasteiger partial charge is 0.438 e. The summed E-state index contributed by atoms with van der Waals surface area (Å²) in [5.74, 6) is 0.878. The quantitative estimate of drug-likeness (QED) is 0.666. The van der Waals surface area contributed by atoms with Crippen LogP contribution in [0.25, 0.3) is 0 Å². The molecule has 4 nitrogen and oxygen atoms in total. The molecule has 0 aliphatic carbocycles. The standard InChI is InChI=1S/C14H14ClN3O/c1-8-5-6-18-14(12(8)13(16)17)19-10-3-4-11(15)9(2)7-10/h3-7H,1-2H3,(H3,16,17). The molecule has 0 bridgehead atoms. The summed E-state index contributed by atoms with van der Waals surface area (Å²) < 4.78 is 5.70. The van der Waals surface area contributed by atoms with Crippen molar-refractivity contribution >= 4 is 17.4 Å². The molecule has 0 unspecified atom stereocenters. The van der Waals surface area contributed by atoms with E-state index in [1.54, 1.807) is 24.4 Å². The minimum absolute atomic E-state index is 0.0636. The van der Waals surface area contributed by atoms with Crippen molar-refractivity contribution < 1.29 is 4.74 Å². The lowest BCUT2D eigenvalue weighted by Crippen LogP contribution is -2.14. The second-order valence-corrected chi connectivity index (χ2v) is 4.64. The number of ether oxygens (including phenoxy) is 1. The molecular weight excluding hydrogens is 262 g/mol. The lowest BCUT2D eigenvalue weighted by atomic mass is 10.1. The Bertz CT molecular complexity index is 641. The van der Waals surface area contributed by atoms with E-state index in [9.17, 15) is 0 Å². The van der Waals surface area contributed by atoms with Crippen molar-refractivity contribution in [2.75, 3.05) is 0 Å². The lowest BCUT2D eigenvalue weighted by molar-refractivity contribution is 0.461. The highest BCUT2D eigenvalue weighted by molar-refractivity contribution is 6.31. The fourth-order valence-electron chi connectivity index (χ4n) is 1.73. The molecule has 0 saturated carbocycles. The first-order valence-electron chi connectivity index (χ1n) is 5.73. The molecule has 19 heavy (non-hydrogen) atoms. The summed E-state index contributed by atoms with van der Waals surface area (Å²) in [6.07, 6.45) is 1.62. The van der Waals surface area contributed by atoms with Gasteiger partial charge in [-0.3, -0.25) is 5.41 Å². The number of pyridine rings is 1. The zero-order valence-corrected chi connectivity index (χ0v) is 11.5. The van der Waals surface area contributed by atoms with Gasteiger partial charge in [-0.05, 0) is 49.2 Å². The van der Waals surface area contributed by atoms with Crippen LogP contribution < -0.4 is 10.5 Å². The van der Waals surface area contributed by atoms with Gasteiger partial charge in [0.15, 0.2) is 0 Å². The fraction of sp³-hybridized carbons (Fsp3) is 0.143. The number of benzene rings is 1. The van der Waals surface area contributed by atoms with Gasteiger partial charge < -0.3 is 10.5 Å². The molecule has 0 saturated heterocycles. The summed E-state index contributed by atoms with van der Waals surface area (Å²) in [6.45, 7) is 3.75. The van der Waals surface area contributed by atoms with Crippen molar-refractivity contribution in [2.24, 2.45) is 5.73 Å². The molecule has 0 spiro atoms. The number of nitrogen functional groups attached to an aromatic ring is 1. The highest BCUT2D eigenvalue weighted by Gasteiger charge is 2.12. The van der Waals surface area contributed by atoms with E-state index in [0.717, 1.165) is 11.1 Å². The first-order chi connectivity index (χ1) is 8.99. The summed E-state index contributed by atoms with van der Waals surface area (Å²) in [7, 11) is 0. The van der Waals surface area contributed by atoms with Gasteiger partial charge in [-0.2, -0.15) is 0 Å². The number of hydrogen-bond acceptors (Lipinski definition) is 3. The Morgan fingerprint density at radius 3 is 2.63 bits per heavy atom. The number of nitrogens with zero attached hydrogens (tertiary/aromatic N) is 1. The van der Waals surface area contributed by atoms with Gasteiger partial charge in [0.1, 0.15) is 11.6 Å². The van der Waals surface area contributed by atoms with Crippen LogP contribution in [0.4, 0.5) is 0 Å². The summed E-state index contributed by atoms with van der Waals surface area (Å²) in [6, 6.07) is 7.12. The van der Waals surface area contributed by atoms with Crippen molar-refractivity contribution in [3.8, 4) is 11.6 Å². The van der Waals surface area contributed by atoms with Crippen LogP contribution in [0.1, 0.15) is 16.7 Å². The number of nitrogens with two attached hydrogens (primary N) is 1. The van der Waals surface area contributed by atoms with Gasteiger partial charge in [-0.15, -0.1) is 0 Å². The minimum Gasteiger partial charge on any atom is -0.438 e. The van der Waals surface area contributed by atoms with Gasteiger partial charge >= 0.3 is 0 Å². The van der Waals surface area contributed by atoms with Gasteiger partial charge in [-0.1, -0.05) is 11.6 Å². The average Bonchev–Trinajstić information content (AvgIpc) is 2.33. The lowest BCUT2D eigenvalue weighted by Gasteiger charge is -2.11. The third kappa shape index (κ3) is 2.85.